The van der Waals surface area contributed by atoms with E-state index in [4.69, 9.17) is 16.4 Å². The largest absolute Gasteiger partial charge is 0.435 e. The number of amides is 1. The summed E-state index contributed by atoms with van der Waals surface area (Å²) in [5.41, 5.74) is 4.27. The molecule has 33 heavy (non-hydrogen) atoms. The van der Waals surface area contributed by atoms with Crippen molar-refractivity contribution in [2.75, 3.05) is 11.9 Å². The minimum atomic E-state index is -4.53. The quantitative estimate of drug-likeness (QED) is 0.450. The molecule has 0 unspecified atom stereocenters. The Hall–Kier alpha value is -3.85. The van der Waals surface area contributed by atoms with Crippen LogP contribution in [0.1, 0.15) is 16.7 Å². The summed E-state index contributed by atoms with van der Waals surface area (Å²) in [4.78, 5) is 26.1. The molecule has 0 aliphatic carbocycles. The van der Waals surface area contributed by atoms with Crippen LogP contribution in [0.5, 0.6) is 0 Å². The Morgan fingerprint density at radius 1 is 1.00 bits per heavy atom. The number of hydrogen-bond acceptors (Lipinski definition) is 5. The fourth-order valence-electron chi connectivity index (χ4n) is 3.14. The maximum absolute atomic E-state index is 12.8. The Kier molecular flexibility index (Phi) is 6.32. The molecule has 3 aromatic carbocycles. The van der Waals surface area contributed by atoms with Gasteiger partial charge in [0.1, 0.15) is 6.54 Å². The number of rotatable bonds is 2. The lowest BCUT2D eigenvalue weighted by Crippen LogP contribution is -2.31. The number of aliphatic imine (C=N–C) groups is 2. The number of benzene rings is 3. The van der Waals surface area contributed by atoms with Crippen molar-refractivity contribution in [1.29, 1.82) is 0 Å². The second kappa shape index (κ2) is 9.33. The summed E-state index contributed by atoms with van der Waals surface area (Å²) in [7, 11) is 0. The number of fused-ring (bicyclic) bond motifs is 1. The topological polar surface area (TPSA) is 75.1 Å². The third kappa shape index (κ3) is 5.50. The van der Waals surface area contributed by atoms with Gasteiger partial charge in [0.05, 0.1) is 17.0 Å². The zero-order valence-electron chi connectivity index (χ0n) is 16.9. The lowest BCUT2D eigenvalue weighted by atomic mass is 10.0. The van der Waals surface area contributed by atoms with Crippen LogP contribution in [0.3, 0.4) is 0 Å². The summed E-state index contributed by atoms with van der Waals surface area (Å²) >= 11 is 6.17. The summed E-state index contributed by atoms with van der Waals surface area (Å²) < 4.78 is 38.5. The van der Waals surface area contributed by atoms with E-state index in [2.05, 4.69) is 20.8 Å². The van der Waals surface area contributed by atoms with Crippen LogP contribution in [0, 0.1) is 0 Å². The van der Waals surface area contributed by atoms with E-state index in [1.807, 2.05) is 30.3 Å². The predicted molar refractivity (Wildman–Crippen MR) is 120 cm³/mol. The van der Waals surface area contributed by atoms with Gasteiger partial charge in [0.2, 0.25) is 0 Å². The SMILES string of the molecule is O=C(Nc1cccc(C(F)(F)F)c1)ONC1=Nc2ccc(Cl)cc2C(c2ccccc2)=NC1. The number of carbonyl (C=O) groups is 1. The van der Waals surface area contributed by atoms with Gasteiger partial charge in [-0.2, -0.15) is 13.2 Å². The van der Waals surface area contributed by atoms with Crippen molar-refractivity contribution in [2.24, 2.45) is 9.98 Å². The van der Waals surface area contributed by atoms with Crippen LogP contribution in [0.2, 0.25) is 5.02 Å². The molecule has 0 spiro atoms. The van der Waals surface area contributed by atoms with Crippen molar-refractivity contribution in [3.63, 3.8) is 0 Å². The van der Waals surface area contributed by atoms with E-state index in [1.165, 1.54) is 12.1 Å². The van der Waals surface area contributed by atoms with Gasteiger partial charge in [-0.3, -0.25) is 10.3 Å². The predicted octanol–water partition coefficient (Wildman–Crippen LogP) is 5.99. The van der Waals surface area contributed by atoms with Gasteiger partial charge in [0.15, 0.2) is 5.84 Å². The summed E-state index contributed by atoms with van der Waals surface area (Å²) in [5, 5.41) is 2.75. The van der Waals surface area contributed by atoms with Crippen LogP contribution in [0.4, 0.5) is 29.3 Å². The Bertz CT molecular complexity index is 1240. The second-order valence-electron chi connectivity index (χ2n) is 6.95. The molecular formula is C23H16ClF3N4O2. The summed E-state index contributed by atoms with van der Waals surface area (Å²) in [6.07, 6.45) is -5.54. The number of carbonyl (C=O) groups excluding carboxylic acids is 1. The Morgan fingerprint density at radius 3 is 2.55 bits per heavy atom. The average Bonchev–Trinajstić information content (AvgIpc) is 2.97. The standard InChI is InChI=1S/C23H16ClF3N4O2/c24-16-9-10-19-18(12-16)21(14-5-2-1-3-6-14)28-13-20(30-19)31-33-22(32)29-17-8-4-7-15(11-17)23(25,26)27/h1-12H,13H2,(H,29,32)(H,30,31). The van der Waals surface area contributed by atoms with E-state index in [-0.39, 0.29) is 18.1 Å². The van der Waals surface area contributed by atoms with E-state index in [9.17, 15) is 18.0 Å². The molecule has 0 saturated heterocycles. The highest BCUT2D eigenvalue weighted by Gasteiger charge is 2.30. The molecule has 0 radical (unpaired) electrons. The molecule has 6 nitrogen and oxygen atoms in total. The third-order valence-electron chi connectivity index (χ3n) is 4.60. The number of nitrogens with one attached hydrogen (secondary N) is 2. The first kappa shape index (κ1) is 22.3. The van der Waals surface area contributed by atoms with Gasteiger partial charge in [-0.25, -0.2) is 15.3 Å². The molecule has 1 heterocycles. The fourth-order valence-corrected chi connectivity index (χ4v) is 3.31. The molecule has 1 aliphatic heterocycles. The normalized spacial score (nSPS) is 13.2. The highest BCUT2D eigenvalue weighted by atomic mass is 35.5. The molecule has 1 amide bonds. The maximum atomic E-state index is 12.8. The van der Waals surface area contributed by atoms with Crippen LogP contribution in [0.15, 0.2) is 82.8 Å². The molecule has 0 fully saturated rings. The van der Waals surface area contributed by atoms with Crippen LogP contribution < -0.4 is 10.8 Å². The number of nitrogens with zero attached hydrogens (tertiary/aromatic N) is 2. The fraction of sp³-hybridized carbons (Fsp3) is 0.0870. The molecule has 0 bridgehead atoms. The van der Waals surface area contributed by atoms with Gasteiger partial charge in [-0.15, -0.1) is 0 Å². The molecule has 0 atom stereocenters. The lowest BCUT2D eigenvalue weighted by molar-refractivity contribution is -0.137. The number of hydrogen-bond donors (Lipinski definition) is 2. The molecule has 10 heteroatoms. The van der Waals surface area contributed by atoms with Gasteiger partial charge >= 0.3 is 12.3 Å². The molecule has 0 saturated carbocycles. The number of hydroxylamine groups is 1. The first-order valence-electron chi connectivity index (χ1n) is 9.68. The smallest absolute Gasteiger partial charge is 0.323 e. The van der Waals surface area contributed by atoms with Gasteiger partial charge < -0.3 is 4.84 Å². The lowest BCUT2D eigenvalue weighted by Gasteiger charge is -2.11. The van der Waals surface area contributed by atoms with Crippen molar-refractivity contribution >= 4 is 40.6 Å². The molecule has 0 aromatic heterocycles. The zero-order valence-corrected chi connectivity index (χ0v) is 17.6. The van der Waals surface area contributed by atoms with E-state index < -0.39 is 17.8 Å². The van der Waals surface area contributed by atoms with E-state index in [1.54, 1.807) is 18.2 Å². The number of amidine groups is 1. The van der Waals surface area contributed by atoms with Crippen molar-refractivity contribution in [3.05, 3.63) is 94.5 Å². The van der Waals surface area contributed by atoms with Crippen LogP contribution in [0.25, 0.3) is 0 Å². The van der Waals surface area contributed by atoms with E-state index in [0.29, 0.717) is 22.0 Å². The van der Waals surface area contributed by atoms with Crippen LogP contribution in [-0.4, -0.2) is 24.2 Å². The third-order valence-corrected chi connectivity index (χ3v) is 4.84. The summed E-state index contributed by atoms with van der Waals surface area (Å²) in [6, 6.07) is 18.8. The monoisotopic (exact) mass is 472 g/mol. The molecule has 168 valence electrons. The highest BCUT2D eigenvalue weighted by molar-refractivity contribution is 6.31. The minimum Gasteiger partial charge on any atom is -0.323 e. The molecule has 2 N–H and O–H groups in total. The van der Waals surface area contributed by atoms with E-state index in [0.717, 1.165) is 17.7 Å². The summed E-state index contributed by atoms with van der Waals surface area (Å²) in [5.74, 6) is 0.226. The Balaban J connectivity index is 1.50. The zero-order chi connectivity index (χ0) is 23.4. The summed E-state index contributed by atoms with van der Waals surface area (Å²) in [6.45, 7) is 0.0629. The molecular weight excluding hydrogens is 457 g/mol. The van der Waals surface area contributed by atoms with Gasteiger partial charge in [-0.1, -0.05) is 48.0 Å². The van der Waals surface area contributed by atoms with Gasteiger partial charge in [0.25, 0.3) is 0 Å². The Labute approximate surface area is 191 Å². The molecule has 4 rings (SSSR count). The molecule has 3 aromatic rings. The van der Waals surface area contributed by atoms with Gasteiger partial charge in [-0.05, 0) is 36.4 Å². The maximum Gasteiger partial charge on any atom is 0.435 e. The first-order chi connectivity index (χ1) is 15.8. The van der Waals surface area contributed by atoms with Gasteiger partial charge in [0, 0.05) is 21.8 Å². The number of anilines is 1. The molecule has 1 aliphatic rings. The number of alkyl halides is 3. The second-order valence-corrected chi connectivity index (χ2v) is 7.38. The average molecular weight is 473 g/mol. The highest BCUT2D eigenvalue weighted by Crippen LogP contribution is 2.31. The first-order valence-corrected chi connectivity index (χ1v) is 10.1. The van der Waals surface area contributed by atoms with Crippen molar-refractivity contribution in [3.8, 4) is 0 Å². The van der Waals surface area contributed by atoms with Crippen molar-refractivity contribution < 1.29 is 22.8 Å². The minimum absolute atomic E-state index is 0.0629. The number of halogens is 4. The van der Waals surface area contributed by atoms with E-state index >= 15 is 0 Å². The van der Waals surface area contributed by atoms with Crippen molar-refractivity contribution in [2.45, 2.75) is 6.18 Å². The van der Waals surface area contributed by atoms with Crippen LogP contribution in [-0.2, 0) is 11.0 Å². The Morgan fingerprint density at radius 2 is 1.79 bits per heavy atom. The van der Waals surface area contributed by atoms with Crippen LogP contribution >= 0.6 is 11.6 Å². The van der Waals surface area contributed by atoms with Crippen molar-refractivity contribution in [1.82, 2.24) is 5.48 Å².